The number of phosphoric ester groups is 1. The highest BCUT2D eigenvalue weighted by Crippen LogP contribution is 2.43. The average Bonchev–Trinajstić information content (AvgIpc) is 3.24. The fourth-order valence-electron chi connectivity index (χ4n) is 6.82. The zero-order chi connectivity index (χ0) is 43.9. The molecule has 0 aromatic rings. The molecule has 0 aliphatic heterocycles. The van der Waals surface area contributed by atoms with Crippen molar-refractivity contribution in [3.8, 4) is 0 Å². The number of ether oxygens (including phenoxy) is 2. The molecule has 0 fully saturated rings. The van der Waals surface area contributed by atoms with Crippen LogP contribution in [-0.4, -0.2) is 66.3 Å². The number of esters is 1. The lowest BCUT2D eigenvalue weighted by Gasteiger charge is -2.20. The summed E-state index contributed by atoms with van der Waals surface area (Å²) in [6.45, 7) is 3.42. The third kappa shape index (κ3) is 45.9. The number of hydrogen-bond donors (Lipinski definition) is 3. The zero-order valence-electron chi connectivity index (χ0n) is 38.7. The zero-order valence-corrected chi connectivity index (χ0v) is 39.6. The van der Waals surface area contributed by atoms with Gasteiger partial charge in [0.05, 0.1) is 26.4 Å². The van der Waals surface area contributed by atoms with Crippen LogP contribution >= 0.6 is 7.82 Å². The normalized spacial score (nSPS) is 14.3. The van der Waals surface area contributed by atoms with Crippen LogP contribution in [0, 0.1) is 0 Å². The van der Waals surface area contributed by atoms with E-state index in [0.717, 1.165) is 77.0 Å². The maximum Gasteiger partial charge on any atom is 0.472 e. The van der Waals surface area contributed by atoms with Crippen molar-refractivity contribution in [2.75, 3.05) is 33.0 Å². The second kappa shape index (κ2) is 46.9. The van der Waals surface area contributed by atoms with Gasteiger partial charge in [0, 0.05) is 13.0 Å². The van der Waals surface area contributed by atoms with Crippen molar-refractivity contribution in [3.05, 3.63) is 48.6 Å². The molecule has 60 heavy (non-hydrogen) atoms. The molecule has 0 heterocycles. The van der Waals surface area contributed by atoms with Gasteiger partial charge in [0.15, 0.2) is 0 Å². The molecular formula is C50H93O9P. The Hall–Kier alpha value is -1.58. The summed E-state index contributed by atoms with van der Waals surface area (Å²) in [7, 11) is -4.53. The molecule has 10 heteroatoms. The summed E-state index contributed by atoms with van der Waals surface area (Å²) in [5, 5.41) is 18.4. The second-order valence-electron chi connectivity index (χ2n) is 16.5. The van der Waals surface area contributed by atoms with Crippen LogP contribution in [0.3, 0.4) is 0 Å². The van der Waals surface area contributed by atoms with Crippen molar-refractivity contribution in [2.24, 2.45) is 0 Å². The fraction of sp³-hybridized carbons (Fsp3) is 0.820. The molecular weight excluding hydrogens is 776 g/mol. The van der Waals surface area contributed by atoms with Gasteiger partial charge in [-0.2, -0.15) is 0 Å². The van der Waals surface area contributed by atoms with Gasteiger partial charge in [-0.15, -0.1) is 0 Å². The van der Waals surface area contributed by atoms with Gasteiger partial charge >= 0.3 is 13.8 Å². The Balaban J connectivity index is 4.11. The molecule has 3 unspecified atom stereocenters. The van der Waals surface area contributed by atoms with E-state index in [1.807, 2.05) is 0 Å². The molecule has 0 rings (SSSR count). The Morgan fingerprint density at radius 3 is 1.43 bits per heavy atom. The molecule has 3 atom stereocenters. The van der Waals surface area contributed by atoms with Crippen LogP contribution in [0.4, 0.5) is 0 Å². The molecule has 0 saturated carbocycles. The van der Waals surface area contributed by atoms with Crippen LogP contribution < -0.4 is 0 Å². The molecule has 0 spiro atoms. The van der Waals surface area contributed by atoms with Gasteiger partial charge in [-0.05, 0) is 51.4 Å². The summed E-state index contributed by atoms with van der Waals surface area (Å²) in [6.07, 6.45) is 53.6. The first kappa shape index (κ1) is 58.4. The van der Waals surface area contributed by atoms with Gasteiger partial charge < -0.3 is 24.6 Å². The monoisotopic (exact) mass is 869 g/mol. The summed E-state index contributed by atoms with van der Waals surface area (Å²) in [4.78, 5) is 22.7. The van der Waals surface area contributed by atoms with Crippen LogP contribution in [-0.2, 0) is 27.9 Å². The number of aliphatic hydroxyl groups excluding tert-OH is 2. The number of hydrogen-bond acceptors (Lipinski definition) is 8. The Kier molecular flexibility index (Phi) is 45.7. The predicted molar refractivity (Wildman–Crippen MR) is 251 cm³/mol. The maximum atomic E-state index is 12.7. The van der Waals surface area contributed by atoms with Gasteiger partial charge in [-0.3, -0.25) is 13.8 Å². The maximum absolute atomic E-state index is 12.7. The van der Waals surface area contributed by atoms with Gasteiger partial charge in [0.25, 0.3) is 0 Å². The highest BCUT2D eigenvalue weighted by atomic mass is 31.2. The standard InChI is InChI=1S/C50H93O9P/c1-3-5-7-9-11-13-15-17-19-21-23-25-27-29-31-33-35-37-39-41-43-56-46-49(47-58-60(54,55)57-45-48(52)44-51)59-50(53)42-40-38-36-34-32-30-28-26-24-22-20-18-16-14-12-10-8-6-4-2/h6,8,12,14,18,20,24,26,48-49,51-52H,3-5,7,9-11,13,15-17,19,21-23,25,27-47H2,1-2H3,(H,54,55)/b8-6-,14-12-,20-18-,26-24-. The van der Waals surface area contributed by atoms with E-state index in [1.54, 1.807) is 0 Å². The molecule has 9 nitrogen and oxygen atoms in total. The number of aliphatic hydroxyl groups is 2. The Labute approximate surface area is 368 Å². The summed E-state index contributed by atoms with van der Waals surface area (Å²) in [6, 6.07) is 0. The first-order valence-electron chi connectivity index (χ1n) is 24.6. The molecule has 0 aromatic carbocycles. The highest BCUT2D eigenvalue weighted by Gasteiger charge is 2.26. The van der Waals surface area contributed by atoms with Crippen LogP contribution in [0.25, 0.3) is 0 Å². The van der Waals surface area contributed by atoms with E-state index in [-0.39, 0.29) is 19.6 Å². The summed E-state index contributed by atoms with van der Waals surface area (Å²) < 4.78 is 33.5. The molecule has 0 amide bonds. The minimum atomic E-state index is -4.53. The predicted octanol–water partition coefficient (Wildman–Crippen LogP) is 14.1. The molecule has 352 valence electrons. The SMILES string of the molecule is CC/C=C\C/C=C\C/C=C\C/C=C\CCCCCCCCC(=O)OC(COCCCCCCCCCCCCCCCCCCCCCC)COP(=O)(O)OCC(O)CO. The summed E-state index contributed by atoms with van der Waals surface area (Å²) in [5.41, 5.74) is 0. The van der Waals surface area contributed by atoms with Gasteiger partial charge in [0.2, 0.25) is 0 Å². The Morgan fingerprint density at radius 2 is 0.950 bits per heavy atom. The number of carbonyl (C=O) groups excluding carboxylic acids is 1. The van der Waals surface area contributed by atoms with Crippen molar-refractivity contribution in [1.29, 1.82) is 0 Å². The van der Waals surface area contributed by atoms with Crippen molar-refractivity contribution >= 4 is 13.8 Å². The smallest absolute Gasteiger partial charge is 0.457 e. The van der Waals surface area contributed by atoms with Crippen LogP contribution in [0.2, 0.25) is 0 Å². The molecule has 0 bridgehead atoms. The molecule has 0 aromatic heterocycles. The lowest BCUT2D eigenvalue weighted by Crippen LogP contribution is -2.29. The fourth-order valence-corrected chi connectivity index (χ4v) is 7.61. The third-order valence-corrected chi connectivity index (χ3v) is 11.5. The van der Waals surface area contributed by atoms with Crippen molar-refractivity contribution in [1.82, 2.24) is 0 Å². The highest BCUT2D eigenvalue weighted by molar-refractivity contribution is 7.47. The molecule has 0 saturated heterocycles. The number of rotatable bonds is 47. The molecule has 0 aliphatic rings. The lowest BCUT2D eigenvalue weighted by molar-refractivity contribution is -0.154. The van der Waals surface area contributed by atoms with E-state index in [0.29, 0.717) is 13.0 Å². The molecule has 0 aliphatic carbocycles. The quantitative estimate of drug-likeness (QED) is 0.0237. The van der Waals surface area contributed by atoms with Crippen molar-refractivity contribution < 1.29 is 43.0 Å². The van der Waals surface area contributed by atoms with E-state index in [2.05, 4.69) is 62.5 Å². The summed E-state index contributed by atoms with van der Waals surface area (Å²) in [5.74, 6) is -0.394. The largest absolute Gasteiger partial charge is 0.472 e. The minimum absolute atomic E-state index is 0.0450. The van der Waals surface area contributed by atoms with Crippen LogP contribution in [0.5, 0.6) is 0 Å². The van der Waals surface area contributed by atoms with Gasteiger partial charge in [-0.1, -0.05) is 210 Å². The van der Waals surface area contributed by atoms with E-state index in [4.69, 9.17) is 23.6 Å². The van der Waals surface area contributed by atoms with Crippen molar-refractivity contribution in [3.63, 3.8) is 0 Å². The Morgan fingerprint density at radius 1 is 0.533 bits per heavy atom. The summed E-state index contributed by atoms with van der Waals surface area (Å²) >= 11 is 0. The Bertz CT molecular complexity index is 1080. The third-order valence-electron chi connectivity index (χ3n) is 10.5. The van der Waals surface area contributed by atoms with E-state index in [1.165, 1.54) is 116 Å². The topological polar surface area (TPSA) is 132 Å². The minimum Gasteiger partial charge on any atom is -0.457 e. The van der Waals surface area contributed by atoms with E-state index < -0.39 is 39.2 Å². The van der Waals surface area contributed by atoms with Crippen LogP contribution in [0.15, 0.2) is 48.6 Å². The van der Waals surface area contributed by atoms with Crippen LogP contribution in [0.1, 0.15) is 219 Å². The number of phosphoric acid groups is 1. The molecule has 3 N–H and O–H groups in total. The number of allylic oxidation sites excluding steroid dienone is 8. The van der Waals surface area contributed by atoms with Gasteiger partial charge in [-0.25, -0.2) is 4.57 Å². The molecule has 0 radical (unpaired) electrons. The first-order chi connectivity index (χ1) is 29.3. The number of unbranched alkanes of at least 4 members (excludes halogenated alkanes) is 25. The lowest BCUT2D eigenvalue weighted by atomic mass is 10.0. The van der Waals surface area contributed by atoms with E-state index in [9.17, 15) is 19.4 Å². The second-order valence-corrected chi connectivity index (χ2v) is 17.9. The van der Waals surface area contributed by atoms with Crippen molar-refractivity contribution in [2.45, 2.75) is 232 Å². The average molecular weight is 869 g/mol. The first-order valence-corrected chi connectivity index (χ1v) is 26.1. The van der Waals surface area contributed by atoms with Gasteiger partial charge in [0.1, 0.15) is 12.2 Å². The van der Waals surface area contributed by atoms with E-state index >= 15 is 0 Å². The number of carbonyl (C=O) groups is 1.